The van der Waals surface area contributed by atoms with Gasteiger partial charge in [-0.3, -0.25) is 71.9 Å². The van der Waals surface area contributed by atoms with Crippen LogP contribution in [0.4, 0.5) is 0 Å². The molecule has 37 heteroatoms. The molecule has 0 spiro atoms. The number of carbonyl (C=O) groups excluding carboxylic acids is 13. The zero-order chi connectivity index (χ0) is 79.6. The van der Waals surface area contributed by atoms with Crippen LogP contribution in [0.2, 0.25) is 0 Å². The van der Waals surface area contributed by atoms with Crippen LogP contribution in [0.25, 0.3) is 0 Å². The third-order valence-electron chi connectivity index (χ3n) is 16.7. The van der Waals surface area contributed by atoms with Crippen molar-refractivity contribution in [3.8, 4) is 11.5 Å². The fourth-order valence-corrected chi connectivity index (χ4v) is 13.5. The Balaban J connectivity index is 1.55. The number of phenols is 2. The molecule has 34 nitrogen and oxygen atoms in total. The van der Waals surface area contributed by atoms with Crippen LogP contribution in [0.15, 0.2) is 109 Å². The number of aliphatic carboxylic acids is 2. The normalized spacial score (nSPS) is 19.5. The Labute approximate surface area is 635 Å². The zero-order valence-corrected chi connectivity index (χ0v) is 62.3. The molecule has 1 heterocycles. The van der Waals surface area contributed by atoms with E-state index in [4.69, 9.17) is 17.2 Å². The second kappa shape index (κ2) is 45.2. The average molecular weight is 1560 g/mol. The number of carboxylic acid groups (broad SMARTS) is 2. The molecule has 0 aromatic heterocycles. The van der Waals surface area contributed by atoms with Gasteiger partial charge in [-0.15, -0.1) is 0 Å². The van der Waals surface area contributed by atoms with Crippen molar-refractivity contribution in [2.75, 3.05) is 36.6 Å². The van der Waals surface area contributed by atoms with E-state index in [0.29, 0.717) is 41.6 Å². The molecule has 0 radical (unpaired) electrons. The molecule has 5 rings (SSSR count). The summed E-state index contributed by atoms with van der Waals surface area (Å²) in [6, 6.07) is 8.77. The highest BCUT2D eigenvalue weighted by molar-refractivity contribution is 8.76. The minimum atomic E-state index is -1.92. The lowest BCUT2D eigenvalue weighted by Gasteiger charge is -2.28. The molecule has 1 aliphatic heterocycles. The highest BCUT2D eigenvalue weighted by atomic mass is 33.1. The van der Waals surface area contributed by atoms with E-state index in [2.05, 4.69) is 63.8 Å². The smallest absolute Gasteiger partial charge is 0.305 e. The molecule has 0 unspecified atom stereocenters. The maximum Gasteiger partial charge on any atom is 0.305 e. The van der Waals surface area contributed by atoms with Gasteiger partial charge in [0.15, 0.2) is 0 Å². The largest absolute Gasteiger partial charge is 0.508 e. The quantitative estimate of drug-likeness (QED) is 0.0174. The molecule has 0 bridgehead atoms. The third-order valence-corrected chi connectivity index (χ3v) is 19.8. The zero-order valence-electron chi connectivity index (χ0n) is 59.9. The topological polar surface area (TPSA) is 559 Å². The molecule has 586 valence electrons. The highest BCUT2D eigenvalue weighted by Gasteiger charge is 2.38. The van der Waals surface area contributed by atoms with E-state index in [9.17, 15) is 87.5 Å². The molecule has 108 heavy (non-hydrogen) atoms. The number of carbonyl (C=O) groups is 15. The van der Waals surface area contributed by atoms with Crippen molar-refractivity contribution in [2.45, 2.75) is 157 Å². The average Bonchev–Trinajstić information content (AvgIpc) is 0.898. The molecular formula is C71H95N15O19S3. The number of hydrogen-bond donors (Lipinski definition) is 19. The fourth-order valence-electron chi connectivity index (χ4n) is 10.7. The Bertz CT molecular complexity index is 3760. The first-order valence-electron chi connectivity index (χ1n) is 34.5. The van der Waals surface area contributed by atoms with Crippen molar-refractivity contribution in [1.82, 2.24) is 63.8 Å². The van der Waals surface area contributed by atoms with Gasteiger partial charge in [-0.05, 0) is 110 Å². The Morgan fingerprint density at radius 3 is 1.66 bits per heavy atom. The molecule has 1 saturated heterocycles. The highest BCUT2D eigenvalue weighted by Crippen LogP contribution is 2.25. The maximum atomic E-state index is 15.1. The molecule has 22 N–H and O–H groups in total. The summed E-state index contributed by atoms with van der Waals surface area (Å²) in [5, 5.41) is 70.3. The van der Waals surface area contributed by atoms with Crippen LogP contribution in [0, 0.1) is 5.92 Å². The standard InChI is InChI=1S/C71H95N15O19S3/c1-38(2)59(71(105)78-47(60(74)94)17-11-12-27-72)86-68(102)53(34-58(92)93)83-64(98)48(26-28-106-4)79-67(101)51(32-43-20-24-45(88)25-21-43)81-69(103)54-36-107-108-37-55(85-62(96)46(73)29-40-13-7-5-8-14-40)70(104)82-52(33-57(90)91)63(97)75-35-56(89)77-49(30-41-15-9-6-10-16-41)66(100)80-50(31-42-18-22-44(87)23-19-42)65(99)76-39(3)61(95)84-54/h5-10,13-16,18-25,38-39,46-55,59,87-88H,11-12,17,26-37,72-73H2,1-4H3,(H2,74,94)(H,75,97)(H,76,99)(H,77,89)(H,78,105)(H,79,101)(H,80,100)(H,81,103)(H,82,104)(H,83,98)(H,84,95)(H,85,96)(H,86,102)(H,90,91)(H,92,93)/t39-,46-,47-,48-,49-,50-,51-,52-,53-,54-,55-,59-/m0/s1. The van der Waals surface area contributed by atoms with Gasteiger partial charge in [-0.1, -0.05) is 120 Å². The third kappa shape index (κ3) is 30.8. The van der Waals surface area contributed by atoms with Crippen LogP contribution in [-0.4, -0.2) is 218 Å². The summed E-state index contributed by atoms with van der Waals surface area (Å²) >= 11 is 1.23. The monoisotopic (exact) mass is 1560 g/mol. The van der Waals surface area contributed by atoms with Gasteiger partial charge in [0.2, 0.25) is 76.8 Å². The van der Waals surface area contributed by atoms with Crippen molar-refractivity contribution in [2.24, 2.45) is 23.1 Å². The number of hydrogen-bond acceptors (Lipinski definition) is 22. The summed E-state index contributed by atoms with van der Waals surface area (Å²) in [6.07, 6.45) is -0.470. The first kappa shape index (κ1) is 88.1. The fraction of sp³-hybridized carbons (Fsp3) is 0.451. The van der Waals surface area contributed by atoms with Crippen LogP contribution in [0.3, 0.4) is 0 Å². The lowest BCUT2D eigenvalue weighted by molar-refractivity contribution is -0.142. The van der Waals surface area contributed by atoms with Crippen molar-refractivity contribution < 1.29 is 92.3 Å². The Morgan fingerprint density at radius 2 is 1.07 bits per heavy atom. The number of amides is 13. The van der Waals surface area contributed by atoms with E-state index in [1.807, 2.05) is 0 Å². The number of primary amides is 1. The van der Waals surface area contributed by atoms with Gasteiger partial charge in [0.25, 0.3) is 0 Å². The first-order valence-corrected chi connectivity index (χ1v) is 38.4. The number of unbranched alkanes of at least 4 members (excludes halogenated alkanes) is 1. The van der Waals surface area contributed by atoms with Crippen molar-refractivity contribution in [3.05, 3.63) is 131 Å². The van der Waals surface area contributed by atoms with Crippen LogP contribution in [0.1, 0.15) is 81.5 Å². The summed E-state index contributed by atoms with van der Waals surface area (Å²) in [6.45, 7) is 3.76. The minimum Gasteiger partial charge on any atom is -0.508 e. The van der Waals surface area contributed by atoms with E-state index in [1.54, 1.807) is 80.8 Å². The van der Waals surface area contributed by atoms with Gasteiger partial charge in [0.05, 0.1) is 25.4 Å². The molecule has 1 fully saturated rings. The molecule has 0 saturated carbocycles. The second-order valence-electron chi connectivity index (χ2n) is 25.7. The van der Waals surface area contributed by atoms with Crippen LogP contribution < -0.4 is 81.0 Å². The molecule has 4 aromatic rings. The van der Waals surface area contributed by atoms with Crippen LogP contribution in [0.5, 0.6) is 11.5 Å². The Kier molecular flexibility index (Phi) is 36.9. The van der Waals surface area contributed by atoms with E-state index >= 15 is 4.79 Å². The van der Waals surface area contributed by atoms with E-state index < -0.39 is 204 Å². The molecule has 1 aliphatic rings. The lowest BCUT2D eigenvalue weighted by Crippen LogP contribution is -2.61. The van der Waals surface area contributed by atoms with Crippen molar-refractivity contribution >= 4 is 122 Å². The van der Waals surface area contributed by atoms with Gasteiger partial charge in [0, 0.05) is 30.8 Å². The lowest BCUT2D eigenvalue weighted by atomic mass is 10.0. The molecular weight excluding hydrogens is 1460 g/mol. The van der Waals surface area contributed by atoms with E-state index in [1.165, 1.54) is 67.2 Å². The number of phenolic OH excluding ortho intramolecular Hbond substituents is 2. The molecule has 0 aliphatic carbocycles. The van der Waals surface area contributed by atoms with Crippen LogP contribution >= 0.6 is 33.3 Å². The summed E-state index contributed by atoms with van der Waals surface area (Å²) in [7, 11) is 1.62. The number of aromatic hydroxyl groups is 2. The SMILES string of the molecule is CSCC[C@H](NC(=O)[C@H](Cc1ccc(O)cc1)NC(=O)[C@@H]1CSSC[C@H](NC(=O)[C@@H](N)Cc2ccccc2)C(=O)N[C@@H](CC(=O)O)C(=O)NCC(=O)N[C@@H](Cc2ccccc2)C(=O)N[C@@H](Cc2ccc(O)cc2)C(=O)N[C@@H](C)C(=O)N1)C(=O)N[C@@H](CC(=O)O)C(=O)N[C@H](C(=O)N[C@@H](CCCCN)C(N)=O)C(C)C. The number of rotatable bonds is 33. The molecule has 12 atom stereocenters. The first-order chi connectivity index (χ1) is 51.3. The second-order valence-corrected chi connectivity index (χ2v) is 29.3. The van der Waals surface area contributed by atoms with E-state index in [0.717, 1.165) is 21.6 Å². The van der Waals surface area contributed by atoms with Gasteiger partial charge in [0.1, 0.15) is 78.0 Å². The number of thioether (sulfide) groups is 1. The summed E-state index contributed by atoms with van der Waals surface area (Å²) in [5.74, 6) is -18.2. The predicted molar refractivity (Wildman–Crippen MR) is 401 cm³/mol. The molecule has 4 aromatic carbocycles. The number of nitrogens with one attached hydrogen (secondary N) is 12. The number of benzene rings is 4. The van der Waals surface area contributed by atoms with Crippen molar-refractivity contribution in [3.63, 3.8) is 0 Å². The van der Waals surface area contributed by atoms with Crippen LogP contribution in [-0.2, 0) is 97.6 Å². The van der Waals surface area contributed by atoms with Gasteiger partial charge in [-0.2, -0.15) is 11.8 Å². The summed E-state index contributed by atoms with van der Waals surface area (Å²) in [5.41, 5.74) is 19.3. The predicted octanol–water partition coefficient (Wildman–Crippen LogP) is -2.47. The van der Waals surface area contributed by atoms with Gasteiger partial charge in [-0.25, -0.2) is 0 Å². The van der Waals surface area contributed by atoms with Crippen molar-refractivity contribution in [1.29, 1.82) is 0 Å². The number of carboxylic acids is 2. The summed E-state index contributed by atoms with van der Waals surface area (Å²) < 4.78 is 0. The van der Waals surface area contributed by atoms with E-state index in [-0.39, 0.29) is 49.4 Å². The Morgan fingerprint density at radius 1 is 0.546 bits per heavy atom. The summed E-state index contributed by atoms with van der Waals surface area (Å²) in [4.78, 5) is 209. The van der Waals surface area contributed by atoms with Gasteiger partial charge >= 0.3 is 11.9 Å². The minimum absolute atomic E-state index is 0.0257. The Hall–Kier alpha value is -10.5. The number of nitrogens with two attached hydrogens (primary N) is 3. The van der Waals surface area contributed by atoms with Gasteiger partial charge < -0.3 is 101 Å². The maximum absolute atomic E-state index is 15.1. The molecule has 13 amide bonds.